The van der Waals surface area contributed by atoms with Crippen LogP contribution < -0.4 is 15.4 Å². The van der Waals surface area contributed by atoms with Gasteiger partial charge in [0.2, 0.25) is 17.7 Å². The maximum absolute atomic E-state index is 12.9. The predicted octanol–water partition coefficient (Wildman–Crippen LogP) is 0.355. The standard InChI is InChI=1S/C20H29N3O5/c1-4-28-12-18(25)23-13-20(14-23,19(26)22-9-8-21-15(2)24)11-16-6-5-7-17(10-16)27-3/h5-7,10H,4,8-9,11-14H2,1-3H3,(H,21,24)(H,22,26). The SMILES string of the molecule is CCOCC(=O)N1CC(Cc2cccc(OC)c2)(C(=O)NCCNC(C)=O)C1. The van der Waals surface area contributed by atoms with E-state index in [1.54, 1.807) is 12.0 Å². The normalized spacial score (nSPS) is 14.8. The molecule has 1 fully saturated rings. The van der Waals surface area contributed by atoms with Gasteiger partial charge in [-0.15, -0.1) is 0 Å². The number of carbonyl (C=O) groups is 3. The average molecular weight is 391 g/mol. The minimum atomic E-state index is -0.704. The molecule has 8 heteroatoms. The Morgan fingerprint density at radius 2 is 1.89 bits per heavy atom. The average Bonchev–Trinajstić information content (AvgIpc) is 2.65. The van der Waals surface area contributed by atoms with Gasteiger partial charge in [-0.1, -0.05) is 12.1 Å². The van der Waals surface area contributed by atoms with Gasteiger partial charge in [0.1, 0.15) is 12.4 Å². The van der Waals surface area contributed by atoms with E-state index in [0.717, 1.165) is 11.3 Å². The Labute approximate surface area is 165 Å². The second-order valence-corrected chi connectivity index (χ2v) is 6.93. The summed E-state index contributed by atoms with van der Waals surface area (Å²) in [5.41, 5.74) is 0.262. The maximum atomic E-state index is 12.9. The second-order valence-electron chi connectivity index (χ2n) is 6.93. The molecule has 0 spiro atoms. The number of amides is 3. The third-order valence-corrected chi connectivity index (χ3v) is 4.71. The van der Waals surface area contributed by atoms with Gasteiger partial charge < -0.3 is 25.0 Å². The highest BCUT2D eigenvalue weighted by Crippen LogP contribution is 2.35. The van der Waals surface area contributed by atoms with E-state index in [9.17, 15) is 14.4 Å². The van der Waals surface area contributed by atoms with Crippen molar-refractivity contribution in [2.45, 2.75) is 20.3 Å². The Kier molecular flexibility index (Phi) is 7.80. The minimum absolute atomic E-state index is 0.0237. The molecule has 1 aromatic rings. The van der Waals surface area contributed by atoms with Crippen LogP contribution in [0.2, 0.25) is 0 Å². The molecule has 28 heavy (non-hydrogen) atoms. The fourth-order valence-corrected chi connectivity index (χ4v) is 3.25. The van der Waals surface area contributed by atoms with Gasteiger partial charge in [-0.05, 0) is 31.0 Å². The molecule has 0 aliphatic carbocycles. The summed E-state index contributed by atoms with van der Waals surface area (Å²) in [6, 6.07) is 7.58. The number of carbonyl (C=O) groups excluding carboxylic acids is 3. The zero-order valence-electron chi connectivity index (χ0n) is 16.7. The summed E-state index contributed by atoms with van der Waals surface area (Å²) in [4.78, 5) is 37.7. The molecule has 1 aromatic carbocycles. The van der Waals surface area contributed by atoms with Crippen LogP contribution in [0.5, 0.6) is 5.75 Å². The van der Waals surface area contributed by atoms with Crippen LogP contribution in [0.3, 0.4) is 0 Å². The quantitative estimate of drug-likeness (QED) is 0.561. The van der Waals surface area contributed by atoms with Crippen LogP contribution in [0.4, 0.5) is 0 Å². The first-order valence-electron chi connectivity index (χ1n) is 9.41. The summed E-state index contributed by atoms with van der Waals surface area (Å²) in [5, 5.41) is 5.53. The molecule has 154 valence electrons. The second kappa shape index (κ2) is 10.1. The molecule has 0 radical (unpaired) electrons. The Hall–Kier alpha value is -2.61. The summed E-state index contributed by atoms with van der Waals surface area (Å²) in [7, 11) is 1.60. The van der Waals surface area contributed by atoms with Crippen molar-refractivity contribution in [2.75, 3.05) is 46.5 Å². The summed E-state index contributed by atoms with van der Waals surface area (Å²) < 4.78 is 10.4. The number of rotatable bonds is 10. The molecule has 1 aliphatic heterocycles. The Morgan fingerprint density at radius 1 is 1.18 bits per heavy atom. The number of likely N-dealkylation sites (tertiary alicyclic amines) is 1. The van der Waals surface area contributed by atoms with Gasteiger partial charge >= 0.3 is 0 Å². The molecular weight excluding hydrogens is 362 g/mol. The van der Waals surface area contributed by atoms with Gasteiger partial charge in [0.05, 0.1) is 12.5 Å². The molecule has 1 saturated heterocycles. The zero-order chi connectivity index (χ0) is 20.6. The lowest BCUT2D eigenvalue weighted by Crippen LogP contribution is -2.66. The van der Waals surface area contributed by atoms with Gasteiger partial charge in [0.15, 0.2) is 0 Å². The van der Waals surface area contributed by atoms with E-state index in [4.69, 9.17) is 9.47 Å². The van der Waals surface area contributed by atoms with Crippen molar-refractivity contribution in [1.82, 2.24) is 15.5 Å². The van der Waals surface area contributed by atoms with E-state index < -0.39 is 5.41 Å². The van der Waals surface area contributed by atoms with Crippen LogP contribution in [0.15, 0.2) is 24.3 Å². The van der Waals surface area contributed by atoms with Crippen molar-refractivity contribution in [3.63, 3.8) is 0 Å². The van der Waals surface area contributed by atoms with Gasteiger partial charge in [0, 0.05) is 39.7 Å². The molecular formula is C20H29N3O5. The minimum Gasteiger partial charge on any atom is -0.497 e. The Balaban J connectivity index is 2.05. The molecule has 1 heterocycles. The van der Waals surface area contributed by atoms with E-state index in [1.807, 2.05) is 31.2 Å². The molecule has 0 saturated carbocycles. The summed E-state index contributed by atoms with van der Waals surface area (Å²) in [6.45, 7) is 5.13. The van der Waals surface area contributed by atoms with Crippen LogP contribution >= 0.6 is 0 Å². The molecule has 2 N–H and O–H groups in total. The van der Waals surface area contributed by atoms with Crippen molar-refractivity contribution >= 4 is 17.7 Å². The van der Waals surface area contributed by atoms with Crippen molar-refractivity contribution in [1.29, 1.82) is 0 Å². The van der Waals surface area contributed by atoms with Gasteiger partial charge in [0.25, 0.3) is 0 Å². The lowest BCUT2D eigenvalue weighted by Gasteiger charge is -2.49. The van der Waals surface area contributed by atoms with Crippen LogP contribution in [0.1, 0.15) is 19.4 Å². The number of nitrogens with one attached hydrogen (secondary N) is 2. The highest BCUT2D eigenvalue weighted by molar-refractivity contribution is 5.88. The fourth-order valence-electron chi connectivity index (χ4n) is 3.25. The first kappa shape index (κ1) is 21.7. The topological polar surface area (TPSA) is 97.0 Å². The van der Waals surface area contributed by atoms with Crippen molar-refractivity contribution < 1.29 is 23.9 Å². The first-order valence-corrected chi connectivity index (χ1v) is 9.41. The highest BCUT2D eigenvalue weighted by Gasteiger charge is 2.50. The smallest absolute Gasteiger partial charge is 0.248 e. The van der Waals surface area contributed by atoms with E-state index >= 15 is 0 Å². The molecule has 0 bridgehead atoms. The van der Waals surface area contributed by atoms with Crippen molar-refractivity contribution in [2.24, 2.45) is 5.41 Å². The molecule has 2 rings (SSSR count). The molecule has 0 atom stereocenters. The Morgan fingerprint density at radius 3 is 2.54 bits per heavy atom. The van der Waals surface area contributed by atoms with Crippen LogP contribution in [-0.2, 0) is 25.5 Å². The van der Waals surface area contributed by atoms with Crippen molar-refractivity contribution in [3.8, 4) is 5.75 Å². The van der Waals surface area contributed by atoms with Crippen LogP contribution in [0, 0.1) is 5.41 Å². The molecule has 3 amide bonds. The third-order valence-electron chi connectivity index (χ3n) is 4.71. The summed E-state index contributed by atoms with van der Waals surface area (Å²) >= 11 is 0. The number of benzene rings is 1. The molecule has 8 nitrogen and oxygen atoms in total. The summed E-state index contributed by atoms with van der Waals surface area (Å²) in [6.07, 6.45) is 0.495. The van der Waals surface area contributed by atoms with Crippen molar-refractivity contribution in [3.05, 3.63) is 29.8 Å². The van der Waals surface area contributed by atoms with E-state index in [1.165, 1.54) is 6.92 Å². The lowest BCUT2D eigenvalue weighted by molar-refractivity contribution is -0.156. The molecule has 0 aromatic heterocycles. The fraction of sp³-hybridized carbons (Fsp3) is 0.550. The number of hydrogen-bond donors (Lipinski definition) is 2. The number of hydrogen-bond acceptors (Lipinski definition) is 5. The number of nitrogens with zero attached hydrogens (tertiary/aromatic N) is 1. The maximum Gasteiger partial charge on any atom is 0.248 e. The molecule has 1 aliphatic rings. The molecule has 0 unspecified atom stereocenters. The predicted molar refractivity (Wildman–Crippen MR) is 104 cm³/mol. The van der Waals surface area contributed by atoms with Gasteiger partial charge in [-0.3, -0.25) is 14.4 Å². The Bertz CT molecular complexity index is 701. The zero-order valence-corrected chi connectivity index (χ0v) is 16.7. The van der Waals surface area contributed by atoms with Crippen LogP contribution in [0.25, 0.3) is 0 Å². The summed E-state index contributed by atoms with van der Waals surface area (Å²) in [5.74, 6) is 0.342. The monoisotopic (exact) mass is 391 g/mol. The largest absolute Gasteiger partial charge is 0.497 e. The van der Waals surface area contributed by atoms with E-state index in [0.29, 0.717) is 39.2 Å². The van der Waals surface area contributed by atoms with Gasteiger partial charge in [-0.2, -0.15) is 0 Å². The first-order chi connectivity index (χ1) is 13.4. The van der Waals surface area contributed by atoms with Crippen LogP contribution in [-0.4, -0.2) is 69.1 Å². The van der Waals surface area contributed by atoms with E-state index in [-0.39, 0.29) is 24.3 Å². The lowest BCUT2D eigenvalue weighted by atomic mass is 9.73. The number of ether oxygens (including phenoxy) is 2. The van der Waals surface area contributed by atoms with Gasteiger partial charge in [-0.25, -0.2) is 0 Å². The number of methoxy groups -OCH3 is 1. The van der Waals surface area contributed by atoms with E-state index in [2.05, 4.69) is 10.6 Å². The highest BCUT2D eigenvalue weighted by atomic mass is 16.5. The third kappa shape index (κ3) is 5.69.